The van der Waals surface area contributed by atoms with Gasteiger partial charge < -0.3 is 4.42 Å². The van der Waals surface area contributed by atoms with Gasteiger partial charge in [-0.2, -0.15) is 5.11 Å². The highest BCUT2D eigenvalue weighted by atomic mass is 19.1. The van der Waals surface area contributed by atoms with Gasteiger partial charge in [0.1, 0.15) is 17.3 Å². The molecule has 3 aromatic rings. The molecule has 0 bridgehead atoms. The molecule has 150 valence electrons. The van der Waals surface area contributed by atoms with E-state index < -0.39 is 29.7 Å². The van der Waals surface area contributed by atoms with E-state index in [0.717, 1.165) is 10.5 Å². The Morgan fingerprint density at radius 3 is 2.50 bits per heavy atom. The Kier molecular flexibility index (Phi) is 4.16. The van der Waals surface area contributed by atoms with Crippen LogP contribution in [0, 0.1) is 12.7 Å². The number of aromatic nitrogens is 1. The molecule has 5 rings (SSSR count). The van der Waals surface area contributed by atoms with Crippen LogP contribution >= 0.6 is 0 Å². The van der Waals surface area contributed by atoms with Crippen molar-refractivity contribution in [3.8, 4) is 11.5 Å². The summed E-state index contributed by atoms with van der Waals surface area (Å²) in [6.07, 6.45) is 0. The van der Waals surface area contributed by atoms with Crippen LogP contribution in [0.15, 0.2) is 69.4 Å². The van der Waals surface area contributed by atoms with Gasteiger partial charge in [0.2, 0.25) is 5.89 Å². The lowest BCUT2D eigenvalue weighted by Crippen LogP contribution is -2.39. The standard InChI is InChI=1S/C21H16FN5O3/c1-12-16(23-19(30-12)13-5-3-2-4-6-13)11-26-18-17(24-25-26)20(28)27(21(18)29)15-9-7-14(22)8-10-15/h2-10,17-18H,11H2,1H3/t17-,18-/m0/s1. The number of benzene rings is 2. The SMILES string of the molecule is Cc1oc(-c2ccccc2)nc1CN1N=N[C@@H]2C(=O)N(c3ccc(F)cc3)C(=O)[C@H]21. The number of anilines is 1. The Balaban J connectivity index is 1.40. The second-order valence-corrected chi connectivity index (χ2v) is 7.07. The molecule has 2 aromatic carbocycles. The van der Waals surface area contributed by atoms with Crippen LogP contribution in [0.25, 0.3) is 11.5 Å². The van der Waals surface area contributed by atoms with Crippen LogP contribution in [0.3, 0.4) is 0 Å². The topological polar surface area (TPSA) is 91.4 Å². The largest absolute Gasteiger partial charge is 0.441 e. The molecule has 2 amide bonds. The Morgan fingerprint density at radius 1 is 1.03 bits per heavy atom. The first-order chi connectivity index (χ1) is 14.5. The molecule has 2 aliphatic heterocycles. The fourth-order valence-electron chi connectivity index (χ4n) is 3.63. The minimum atomic E-state index is -0.927. The van der Waals surface area contributed by atoms with Gasteiger partial charge in [0.25, 0.3) is 11.8 Å². The van der Waals surface area contributed by atoms with Crippen LogP contribution in [0.2, 0.25) is 0 Å². The highest BCUT2D eigenvalue weighted by molar-refractivity contribution is 6.25. The fourth-order valence-corrected chi connectivity index (χ4v) is 3.63. The van der Waals surface area contributed by atoms with Crippen LogP contribution in [0.4, 0.5) is 10.1 Å². The van der Waals surface area contributed by atoms with Gasteiger partial charge >= 0.3 is 0 Å². The number of carbonyl (C=O) groups excluding carboxylic acids is 2. The van der Waals surface area contributed by atoms with Crippen LogP contribution < -0.4 is 4.90 Å². The lowest BCUT2D eigenvalue weighted by atomic mass is 10.1. The molecule has 0 unspecified atom stereocenters. The van der Waals surface area contributed by atoms with Crippen molar-refractivity contribution in [2.45, 2.75) is 25.6 Å². The minimum absolute atomic E-state index is 0.170. The Morgan fingerprint density at radius 2 is 1.77 bits per heavy atom. The lowest BCUT2D eigenvalue weighted by molar-refractivity contribution is -0.123. The predicted octanol–water partition coefficient (Wildman–Crippen LogP) is 3.28. The molecule has 2 aliphatic rings. The number of nitrogens with zero attached hydrogens (tertiary/aromatic N) is 5. The number of rotatable bonds is 4. The van der Waals surface area contributed by atoms with E-state index in [1.807, 2.05) is 30.3 Å². The summed E-state index contributed by atoms with van der Waals surface area (Å²) >= 11 is 0. The van der Waals surface area contributed by atoms with Gasteiger partial charge in [-0.1, -0.05) is 23.4 Å². The second kappa shape index (κ2) is 6.87. The third-order valence-corrected chi connectivity index (χ3v) is 5.17. The summed E-state index contributed by atoms with van der Waals surface area (Å²) in [6, 6.07) is 12.9. The molecule has 1 fully saturated rings. The minimum Gasteiger partial charge on any atom is -0.441 e. The number of imide groups is 1. The van der Waals surface area contributed by atoms with E-state index in [1.54, 1.807) is 6.92 Å². The molecular weight excluding hydrogens is 389 g/mol. The van der Waals surface area contributed by atoms with Gasteiger partial charge in [0.05, 0.1) is 12.2 Å². The zero-order chi connectivity index (χ0) is 20.8. The van der Waals surface area contributed by atoms with Crippen molar-refractivity contribution >= 4 is 17.5 Å². The van der Waals surface area contributed by atoms with Gasteiger partial charge in [-0.25, -0.2) is 14.3 Å². The van der Waals surface area contributed by atoms with Crippen molar-refractivity contribution in [1.29, 1.82) is 0 Å². The molecule has 0 radical (unpaired) electrons. The number of amides is 2. The van der Waals surface area contributed by atoms with Gasteiger partial charge in [-0.3, -0.25) is 14.6 Å². The molecule has 3 heterocycles. The van der Waals surface area contributed by atoms with Crippen LogP contribution in [0.1, 0.15) is 11.5 Å². The van der Waals surface area contributed by atoms with Crippen LogP contribution in [-0.2, 0) is 16.1 Å². The predicted molar refractivity (Wildman–Crippen MR) is 104 cm³/mol. The van der Waals surface area contributed by atoms with E-state index in [9.17, 15) is 14.0 Å². The number of halogens is 1. The van der Waals surface area contributed by atoms with Crippen molar-refractivity contribution in [1.82, 2.24) is 9.99 Å². The third kappa shape index (κ3) is 2.86. The van der Waals surface area contributed by atoms with Crippen molar-refractivity contribution in [3.05, 3.63) is 71.9 Å². The summed E-state index contributed by atoms with van der Waals surface area (Å²) in [6.45, 7) is 1.95. The molecule has 0 aliphatic carbocycles. The summed E-state index contributed by atoms with van der Waals surface area (Å²) in [5.41, 5.74) is 1.75. The van der Waals surface area contributed by atoms with Crippen molar-refractivity contribution in [3.63, 3.8) is 0 Å². The normalized spacial score (nSPS) is 20.3. The van der Waals surface area contributed by atoms with Gasteiger partial charge in [-0.05, 0) is 43.3 Å². The maximum absolute atomic E-state index is 13.2. The quantitative estimate of drug-likeness (QED) is 0.621. The van der Waals surface area contributed by atoms with E-state index in [4.69, 9.17) is 4.42 Å². The number of aryl methyl sites for hydroxylation is 1. The van der Waals surface area contributed by atoms with E-state index in [1.165, 1.54) is 29.3 Å². The molecule has 8 nitrogen and oxygen atoms in total. The van der Waals surface area contributed by atoms with Crippen molar-refractivity contribution in [2.24, 2.45) is 10.3 Å². The number of oxazole rings is 1. The molecule has 1 aromatic heterocycles. The number of hydrogen-bond donors (Lipinski definition) is 0. The van der Waals surface area contributed by atoms with Crippen molar-refractivity contribution in [2.75, 3.05) is 4.90 Å². The van der Waals surface area contributed by atoms with Gasteiger partial charge in [0.15, 0.2) is 12.1 Å². The number of fused-ring (bicyclic) bond motifs is 1. The molecule has 9 heteroatoms. The monoisotopic (exact) mass is 405 g/mol. The highest BCUT2D eigenvalue weighted by Gasteiger charge is 2.54. The zero-order valence-electron chi connectivity index (χ0n) is 15.9. The maximum atomic E-state index is 13.2. The maximum Gasteiger partial charge on any atom is 0.263 e. The average molecular weight is 405 g/mol. The molecule has 30 heavy (non-hydrogen) atoms. The second-order valence-electron chi connectivity index (χ2n) is 7.07. The smallest absolute Gasteiger partial charge is 0.263 e. The molecule has 0 saturated carbocycles. The zero-order valence-corrected chi connectivity index (χ0v) is 15.9. The highest BCUT2D eigenvalue weighted by Crippen LogP contribution is 2.33. The first-order valence-electron chi connectivity index (χ1n) is 9.35. The van der Waals surface area contributed by atoms with E-state index >= 15 is 0 Å². The van der Waals surface area contributed by atoms with Crippen molar-refractivity contribution < 1.29 is 18.4 Å². The molecule has 0 spiro atoms. The summed E-state index contributed by atoms with van der Waals surface area (Å²) in [5, 5.41) is 9.48. The van der Waals surface area contributed by atoms with E-state index in [0.29, 0.717) is 23.0 Å². The number of carbonyl (C=O) groups is 2. The number of hydrogen-bond acceptors (Lipinski definition) is 7. The lowest BCUT2D eigenvalue weighted by Gasteiger charge is -2.19. The van der Waals surface area contributed by atoms with E-state index in [-0.39, 0.29) is 6.54 Å². The Bertz CT molecular complexity index is 1160. The Hall–Kier alpha value is -3.88. The summed E-state index contributed by atoms with van der Waals surface area (Å²) in [4.78, 5) is 31.3. The molecule has 2 atom stereocenters. The molecular formula is C21H16FN5O3. The van der Waals surface area contributed by atoms with Gasteiger partial charge in [-0.15, -0.1) is 0 Å². The van der Waals surface area contributed by atoms with Crippen LogP contribution in [0.5, 0.6) is 0 Å². The average Bonchev–Trinajstić information content (AvgIpc) is 3.40. The van der Waals surface area contributed by atoms with E-state index in [2.05, 4.69) is 15.3 Å². The third-order valence-electron chi connectivity index (χ3n) is 5.17. The first-order valence-corrected chi connectivity index (χ1v) is 9.35. The molecule has 1 saturated heterocycles. The summed E-state index contributed by atoms with van der Waals surface area (Å²) < 4.78 is 19.0. The fraction of sp³-hybridized carbons (Fsp3) is 0.190. The Labute approximate surface area is 170 Å². The summed E-state index contributed by atoms with van der Waals surface area (Å²) in [5.74, 6) is -0.317. The van der Waals surface area contributed by atoms with Crippen LogP contribution in [-0.4, -0.2) is 33.9 Å². The first kappa shape index (κ1) is 18.2. The van der Waals surface area contributed by atoms with Gasteiger partial charge in [0, 0.05) is 5.56 Å². The summed E-state index contributed by atoms with van der Waals surface area (Å²) in [7, 11) is 0. The molecule has 0 N–H and O–H groups in total.